The third kappa shape index (κ3) is 4.00. The van der Waals surface area contributed by atoms with Gasteiger partial charge in [-0.05, 0) is 41.6 Å². The van der Waals surface area contributed by atoms with E-state index in [0.717, 1.165) is 17.1 Å². The molecule has 1 aromatic carbocycles. The van der Waals surface area contributed by atoms with Gasteiger partial charge in [-0.3, -0.25) is 0 Å². The molecule has 0 aliphatic rings. The lowest BCUT2D eigenvalue weighted by atomic mass is 10.2. The summed E-state index contributed by atoms with van der Waals surface area (Å²) in [6.07, 6.45) is 1.62. The summed E-state index contributed by atoms with van der Waals surface area (Å²) in [6, 6.07) is 11.3. The molecule has 0 aliphatic heterocycles. The van der Waals surface area contributed by atoms with Crippen LogP contribution in [0.15, 0.2) is 56.8 Å². The molecular weight excluding hydrogens is 368 g/mol. The van der Waals surface area contributed by atoms with Crippen molar-refractivity contribution in [3.8, 4) is 17.1 Å². The van der Waals surface area contributed by atoms with Crippen molar-refractivity contribution in [1.29, 1.82) is 0 Å². The zero-order valence-electron chi connectivity index (χ0n) is 14.5. The number of furan rings is 1. The molecule has 0 amide bonds. The Morgan fingerprint density at radius 3 is 2.96 bits per heavy atom. The fourth-order valence-electron chi connectivity index (χ4n) is 2.43. The first kappa shape index (κ1) is 17.3. The van der Waals surface area contributed by atoms with Gasteiger partial charge in [-0.1, -0.05) is 29.1 Å². The van der Waals surface area contributed by atoms with Crippen molar-refractivity contribution in [3.63, 3.8) is 0 Å². The second-order valence-electron chi connectivity index (χ2n) is 5.43. The molecule has 4 aromatic rings. The molecule has 10 heteroatoms. The number of nitrogens with zero attached hydrogens (tertiary/aromatic N) is 6. The minimum absolute atomic E-state index is 0.447. The molecular formula is C17H16N6O3S. The Kier molecular flexibility index (Phi) is 5.15. The summed E-state index contributed by atoms with van der Waals surface area (Å²) in [5, 5.41) is 16.4. The summed E-state index contributed by atoms with van der Waals surface area (Å²) in [4.78, 5) is 4.45. The van der Waals surface area contributed by atoms with E-state index in [1.54, 1.807) is 10.9 Å². The van der Waals surface area contributed by atoms with Gasteiger partial charge in [0, 0.05) is 0 Å². The monoisotopic (exact) mass is 384 g/mol. The highest BCUT2D eigenvalue weighted by atomic mass is 32.2. The van der Waals surface area contributed by atoms with E-state index in [9.17, 15) is 0 Å². The molecule has 3 heterocycles. The van der Waals surface area contributed by atoms with Crippen LogP contribution in [0.4, 0.5) is 0 Å². The lowest BCUT2D eigenvalue weighted by molar-refractivity contribution is 0.341. The molecule has 0 saturated carbocycles. The number of para-hydroxylation sites is 1. The van der Waals surface area contributed by atoms with Crippen LogP contribution in [0, 0.1) is 0 Å². The Hall–Kier alpha value is -3.14. The van der Waals surface area contributed by atoms with Gasteiger partial charge in [0.05, 0.1) is 24.2 Å². The van der Waals surface area contributed by atoms with Crippen LogP contribution in [0.2, 0.25) is 0 Å². The normalized spacial score (nSPS) is 11.0. The third-order valence-electron chi connectivity index (χ3n) is 3.61. The predicted molar refractivity (Wildman–Crippen MR) is 96.1 cm³/mol. The van der Waals surface area contributed by atoms with Gasteiger partial charge in [-0.2, -0.15) is 4.98 Å². The van der Waals surface area contributed by atoms with Gasteiger partial charge in [0.25, 0.3) is 0 Å². The van der Waals surface area contributed by atoms with Crippen LogP contribution in [-0.2, 0) is 12.3 Å². The molecule has 0 N–H and O–H groups in total. The number of hydrogen-bond acceptors (Lipinski definition) is 9. The Morgan fingerprint density at radius 1 is 1.19 bits per heavy atom. The van der Waals surface area contributed by atoms with Crippen molar-refractivity contribution in [2.75, 3.05) is 6.61 Å². The number of tetrazole rings is 1. The first-order chi connectivity index (χ1) is 13.3. The first-order valence-electron chi connectivity index (χ1n) is 8.29. The van der Waals surface area contributed by atoms with E-state index >= 15 is 0 Å². The Morgan fingerprint density at radius 2 is 2.11 bits per heavy atom. The largest absolute Gasteiger partial charge is 0.493 e. The van der Waals surface area contributed by atoms with E-state index in [2.05, 4.69) is 25.7 Å². The summed E-state index contributed by atoms with van der Waals surface area (Å²) in [7, 11) is 0. The number of ether oxygens (including phenoxy) is 1. The van der Waals surface area contributed by atoms with Crippen LogP contribution in [0.1, 0.15) is 18.6 Å². The maximum atomic E-state index is 5.62. The van der Waals surface area contributed by atoms with Crippen LogP contribution < -0.4 is 4.74 Å². The number of thioether (sulfide) groups is 1. The van der Waals surface area contributed by atoms with Gasteiger partial charge in [0.15, 0.2) is 0 Å². The van der Waals surface area contributed by atoms with Gasteiger partial charge in [0.2, 0.25) is 16.9 Å². The van der Waals surface area contributed by atoms with E-state index in [1.807, 2.05) is 43.3 Å². The molecule has 0 saturated heterocycles. The molecule has 9 nitrogen and oxygen atoms in total. The molecule has 0 unspecified atom stereocenters. The fraction of sp³-hybridized carbons (Fsp3) is 0.235. The lowest BCUT2D eigenvalue weighted by Crippen LogP contribution is -2.03. The zero-order chi connectivity index (χ0) is 18.5. The van der Waals surface area contributed by atoms with Gasteiger partial charge in [-0.15, -0.1) is 5.10 Å². The number of hydrogen-bond donors (Lipinski definition) is 0. The maximum absolute atomic E-state index is 5.62. The van der Waals surface area contributed by atoms with Gasteiger partial charge in [-0.25, -0.2) is 4.68 Å². The quantitative estimate of drug-likeness (QED) is 0.424. The molecule has 0 fully saturated rings. The molecule has 0 aliphatic carbocycles. The molecule has 3 aromatic heterocycles. The van der Waals surface area contributed by atoms with Gasteiger partial charge < -0.3 is 13.7 Å². The van der Waals surface area contributed by atoms with Crippen molar-refractivity contribution < 1.29 is 13.7 Å². The van der Waals surface area contributed by atoms with Crippen molar-refractivity contribution in [2.24, 2.45) is 0 Å². The number of rotatable bonds is 8. The highest BCUT2D eigenvalue weighted by Crippen LogP contribution is 2.28. The average molecular weight is 384 g/mol. The molecule has 27 heavy (non-hydrogen) atoms. The fourth-order valence-corrected chi connectivity index (χ4v) is 3.15. The van der Waals surface area contributed by atoms with Crippen molar-refractivity contribution >= 4 is 11.8 Å². The average Bonchev–Trinajstić information content (AvgIpc) is 3.44. The highest BCUT2D eigenvalue weighted by molar-refractivity contribution is 7.98. The van der Waals surface area contributed by atoms with Crippen LogP contribution in [0.5, 0.6) is 5.75 Å². The number of benzene rings is 1. The minimum atomic E-state index is 0.447. The molecule has 138 valence electrons. The van der Waals surface area contributed by atoms with Crippen LogP contribution in [0.3, 0.4) is 0 Å². The maximum Gasteiger partial charge on any atom is 0.237 e. The minimum Gasteiger partial charge on any atom is -0.493 e. The Balaban J connectivity index is 1.45. The zero-order valence-corrected chi connectivity index (χ0v) is 15.3. The SMILES string of the molecule is CCOc1ccccc1-c1noc(CSc2nnnn2Cc2ccco2)n1. The summed E-state index contributed by atoms with van der Waals surface area (Å²) >= 11 is 1.41. The van der Waals surface area contributed by atoms with E-state index < -0.39 is 0 Å². The summed E-state index contributed by atoms with van der Waals surface area (Å²) < 4.78 is 18.0. The standard InChI is InChI=1S/C17H16N6O3S/c1-2-24-14-8-4-3-7-13(14)16-18-15(26-20-16)11-27-17-19-21-22-23(17)10-12-6-5-9-25-12/h3-9H,2,10-11H2,1H3. The predicted octanol–water partition coefficient (Wildman–Crippen LogP) is 3.06. The van der Waals surface area contributed by atoms with E-state index in [4.69, 9.17) is 13.7 Å². The van der Waals surface area contributed by atoms with Crippen LogP contribution >= 0.6 is 11.8 Å². The van der Waals surface area contributed by atoms with Crippen LogP contribution in [-0.4, -0.2) is 37.0 Å². The topological polar surface area (TPSA) is 105 Å². The van der Waals surface area contributed by atoms with E-state index in [1.165, 1.54) is 11.8 Å². The highest BCUT2D eigenvalue weighted by Gasteiger charge is 2.15. The van der Waals surface area contributed by atoms with E-state index in [-0.39, 0.29) is 0 Å². The van der Waals surface area contributed by atoms with E-state index in [0.29, 0.717) is 35.8 Å². The molecule has 0 radical (unpaired) electrons. The lowest BCUT2D eigenvalue weighted by Gasteiger charge is -2.05. The van der Waals surface area contributed by atoms with Crippen molar-refractivity contribution in [3.05, 3.63) is 54.3 Å². The second-order valence-corrected chi connectivity index (χ2v) is 6.37. The molecule has 4 rings (SSSR count). The smallest absolute Gasteiger partial charge is 0.237 e. The second kappa shape index (κ2) is 8.04. The van der Waals surface area contributed by atoms with Crippen molar-refractivity contribution in [2.45, 2.75) is 24.4 Å². The first-order valence-corrected chi connectivity index (χ1v) is 9.28. The molecule has 0 bridgehead atoms. The van der Waals surface area contributed by atoms with Crippen molar-refractivity contribution in [1.82, 2.24) is 30.3 Å². The number of aromatic nitrogens is 6. The Bertz CT molecular complexity index is 998. The van der Waals surface area contributed by atoms with Gasteiger partial charge >= 0.3 is 0 Å². The molecule has 0 atom stereocenters. The Labute approximate surface area is 158 Å². The van der Waals surface area contributed by atoms with Crippen LogP contribution in [0.25, 0.3) is 11.4 Å². The molecule has 0 spiro atoms. The third-order valence-corrected chi connectivity index (χ3v) is 4.55. The van der Waals surface area contributed by atoms with Gasteiger partial charge in [0.1, 0.15) is 18.1 Å². The summed E-state index contributed by atoms with van der Waals surface area (Å²) in [6.45, 7) is 2.96. The summed E-state index contributed by atoms with van der Waals surface area (Å²) in [5.41, 5.74) is 0.794. The summed E-state index contributed by atoms with van der Waals surface area (Å²) in [5.74, 6) is 2.92.